The highest BCUT2D eigenvalue weighted by Crippen LogP contribution is 2.24. The standard InChI is InChI=1S/C14H20O/c1-12(14-11-15-14)7-5-6-10-13-8-3-2-4-9-13/h2-4,8-9,12,14H,5-7,10-11H2,1H3. The van der Waals surface area contributed by atoms with E-state index in [1.165, 1.54) is 31.2 Å². The molecule has 82 valence electrons. The van der Waals surface area contributed by atoms with E-state index in [1.807, 2.05) is 0 Å². The smallest absolute Gasteiger partial charge is 0.0835 e. The summed E-state index contributed by atoms with van der Waals surface area (Å²) < 4.78 is 5.29. The lowest BCUT2D eigenvalue weighted by Crippen LogP contribution is -2.02. The SMILES string of the molecule is CC(CCCCc1ccccc1)C1CO1. The Morgan fingerprint density at radius 3 is 2.67 bits per heavy atom. The zero-order chi connectivity index (χ0) is 10.5. The maximum absolute atomic E-state index is 5.29. The van der Waals surface area contributed by atoms with E-state index in [0.29, 0.717) is 6.10 Å². The van der Waals surface area contributed by atoms with Gasteiger partial charge in [-0.25, -0.2) is 0 Å². The van der Waals surface area contributed by atoms with Gasteiger partial charge in [0.15, 0.2) is 0 Å². The van der Waals surface area contributed by atoms with Crippen molar-refractivity contribution in [3.63, 3.8) is 0 Å². The van der Waals surface area contributed by atoms with Gasteiger partial charge in [-0.3, -0.25) is 0 Å². The van der Waals surface area contributed by atoms with Crippen LogP contribution < -0.4 is 0 Å². The third kappa shape index (κ3) is 3.67. The lowest BCUT2D eigenvalue weighted by atomic mass is 9.99. The van der Waals surface area contributed by atoms with Gasteiger partial charge in [0.1, 0.15) is 0 Å². The average Bonchev–Trinajstić information content (AvgIpc) is 3.09. The van der Waals surface area contributed by atoms with Crippen molar-refractivity contribution in [2.75, 3.05) is 6.61 Å². The van der Waals surface area contributed by atoms with Crippen molar-refractivity contribution in [3.05, 3.63) is 35.9 Å². The lowest BCUT2D eigenvalue weighted by Gasteiger charge is -2.07. The number of rotatable bonds is 6. The Morgan fingerprint density at radius 2 is 2.00 bits per heavy atom. The van der Waals surface area contributed by atoms with Crippen LogP contribution in [0.15, 0.2) is 30.3 Å². The number of epoxide rings is 1. The van der Waals surface area contributed by atoms with E-state index < -0.39 is 0 Å². The largest absolute Gasteiger partial charge is 0.373 e. The molecule has 1 heteroatoms. The van der Waals surface area contributed by atoms with E-state index in [9.17, 15) is 0 Å². The summed E-state index contributed by atoms with van der Waals surface area (Å²) in [7, 11) is 0. The lowest BCUT2D eigenvalue weighted by molar-refractivity contribution is 0.325. The highest BCUT2D eigenvalue weighted by Gasteiger charge is 2.28. The second-order valence-electron chi connectivity index (χ2n) is 4.58. The molecule has 0 aromatic heterocycles. The third-order valence-corrected chi connectivity index (χ3v) is 3.21. The molecule has 1 aromatic rings. The Kier molecular flexibility index (Phi) is 3.79. The second-order valence-corrected chi connectivity index (χ2v) is 4.58. The molecule has 2 rings (SSSR count). The van der Waals surface area contributed by atoms with Crippen LogP contribution in [0.1, 0.15) is 31.7 Å². The van der Waals surface area contributed by atoms with Crippen molar-refractivity contribution in [2.24, 2.45) is 5.92 Å². The van der Waals surface area contributed by atoms with Crippen molar-refractivity contribution in [1.82, 2.24) is 0 Å². The fraction of sp³-hybridized carbons (Fsp3) is 0.571. The van der Waals surface area contributed by atoms with Crippen LogP contribution in [0.4, 0.5) is 0 Å². The molecule has 0 bridgehead atoms. The predicted molar refractivity (Wildman–Crippen MR) is 62.9 cm³/mol. The summed E-state index contributed by atoms with van der Waals surface area (Å²) in [6.07, 6.45) is 5.76. The molecule has 0 amide bonds. The van der Waals surface area contributed by atoms with Crippen LogP contribution in [-0.4, -0.2) is 12.7 Å². The van der Waals surface area contributed by atoms with Crippen molar-refractivity contribution >= 4 is 0 Å². The molecule has 2 atom stereocenters. The Balaban J connectivity index is 1.58. The molecule has 1 aliphatic heterocycles. The number of benzene rings is 1. The Bertz CT molecular complexity index is 277. The molecule has 1 aromatic carbocycles. The summed E-state index contributed by atoms with van der Waals surface area (Å²) >= 11 is 0. The zero-order valence-corrected chi connectivity index (χ0v) is 9.49. The van der Waals surface area contributed by atoms with Gasteiger partial charge in [0.05, 0.1) is 12.7 Å². The highest BCUT2D eigenvalue weighted by molar-refractivity contribution is 5.14. The number of ether oxygens (including phenoxy) is 1. The van der Waals surface area contributed by atoms with Gasteiger partial charge in [-0.2, -0.15) is 0 Å². The molecule has 0 saturated carbocycles. The molecule has 0 N–H and O–H groups in total. The Labute approximate surface area is 92.5 Å². The first kappa shape index (κ1) is 10.7. The summed E-state index contributed by atoms with van der Waals surface area (Å²) in [4.78, 5) is 0. The number of unbranched alkanes of at least 4 members (excludes halogenated alkanes) is 1. The van der Waals surface area contributed by atoms with Gasteiger partial charge in [0, 0.05) is 0 Å². The molecule has 0 spiro atoms. The van der Waals surface area contributed by atoms with Gasteiger partial charge in [-0.1, -0.05) is 43.7 Å². The monoisotopic (exact) mass is 204 g/mol. The maximum Gasteiger partial charge on any atom is 0.0835 e. The average molecular weight is 204 g/mol. The summed E-state index contributed by atoms with van der Waals surface area (Å²) in [6.45, 7) is 3.31. The second kappa shape index (κ2) is 5.32. The molecule has 1 aliphatic rings. The number of hydrogen-bond donors (Lipinski definition) is 0. The summed E-state index contributed by atoms with van der Waals surface area (Å²) in [6, 6.07) is 10.8. The minimum Gasteiger partial charge on any atom is -0.373 e. The van der Waals surface area contributed by atoms with E-state index in [4.69, 9.17) is 4.74 Å². The molecule has 2 unspecified atom stereocenters. The minimum absolute atomic E-state index is 0.585. The molecule has 1 saturated heterocycles. The molecule has 15 heavy (non-hydrogen) atoms. The van der Waals surface area contributed by atoms with E-state index >= 15 is 0 Å². The summed E-state index contributed by atoms with van der Waals surface area (Å²) in [5, 5.41) is 0. The van der Waals surface area contributed by atoms with Crippen molar-refractivity contribution in [1.29, 1.82) is 0 Å². The van der Waals surface area contributed by atoms with Gasteiger partial charge >= 0.3 is 0 Å². The van der Waals surface area contributed by atoms with Crippen LogP contribution in [0.3, 0.4) is 0 Å². The molecular weight excluding hydrogens is 184 g/mol. The molecule has 0 radical (unpaired) electrons. The number of hydrogen-bond acceptors (Lipinski definition) is 1. The molecular formula is C14H20O. The minimum atomic E-state index is 0.585. The van der Waals surface area contributed by atoms with E-state index in [2.05, 4.69) is 37.3 Å². The zero-order valence-electron chi connectivity index (χ0n) is 9.49. The fourth-order valence-electron chi connectivity index (χ4n) is 2.01. The van der Waals surface area contributed by atoms with Crippen LogP contribution in [0.2, 0.25) is 0 Å². The maximum atomic E-state index is 5.29. The fourth-order valence-corrected chi connectivity index (χ4v) is 2.01. The first-order valence-corrected chi connectivity index (χ1v) is 6.02. The van der Waals surface area contributed by atoms with Crippen LogP contribution >= 0.6 is 0 Å². The van der Waals surface area contributed by atoms with Gasteiger partial charge in [-0.05, 0) is 30.7 Å². The topological polar surface area (TPSA) is 12.5 Å². The van der Waals surface area contributed by atoms with Crippen LogP contribution in [0.25, 0.3) is 0 Å². The van der Waals surface area contributed by atoms with Gasteiger partial charge in [0.2, 0.25) is 0 Å². The van der Waals surface area contributed by atoms with E-state index in [1.54, 1.807) is 0 Å². The van der Waals surface area contributed by atoms with Gasteiger partial charge in [-0.15, -0.1) is 0 Å². The van der Waals surface area contributed by atoms with Crippen LogP contribution in [-0.2, 0) is 11.2 Å². The normalized spacial score (nSPS) is 21.3. The summed E-state index contributed by atoms with van der Waals surface area (Å²) in [5.74, 6) is 0.765. The van der Waals surface area contributed by atoms with E-state index in [0.717, 1.165) is 12.5 Å². The first-order chi connectivity index (χ1) is 7.36. The highest BCUT2D eigenvalue weighted by atomic mass is 16.6. The Hall–Kier alpha value is -0.820. The molecule has 1 fully saturated rings. The van der Waals surface area contributed by atoms with Gasteiger partial charge < -0.3 is 4.74 Å². The van der Waals surface area contributed by atoms with E-state index in [-0.39, 0.29) is 0 Å². The molecule has 0 aliphatic carbocycles. The summed E-state index contributed by atoms with van der Waals surface area (Å²) in [5.41, 5.74) is 1.47. The van der Waals surface area contributed by atoms with Gasteiger partial charge in [0.25, 0.3) is 0 Å². The van der Waals surface area contributed by atoms with Crippen molar-refractivity contribution in [3.8, 4) is 0 Å². The first-order valence-electron chi connectivity index (χ1n) is 6.02. The third-order valence-electron chi connectivity index (χ3n) is 3.21. The molecule has 1 heterocycles. The predicted octanol–water partition coefficient (Wildman–Crippen LogP) is 3.43. The quantitative estimate of drug-likeness (QED) is 0.511. The van der Waals surface area contributed by atoms with Crippen LogP contribution in [0, 0.1) is 5.92 Å². The van der Waals surface area contributed by atoms with Crippen LogP contribution in [0.5, 0.6) is 0 Å². The molecule has 1 nitrogen and oxygen atoms in total. The Morgan fingerprint density at radius 1 is 1.27 bits per heavy atom. The number of aryl methyl sites for hydroxylation is 1. The van der Waals surface area contributed by atoms with Crippen molar-refractivity contribution in [2.45, 2.75) is 38.7 Å². The van der Waals surface area contributed by atoms with Crippen molar-refractivity contribution < 1.29 is 4.74 Å².